The van der Waals surface area contributed by atoms with E-state index in [2.05, 4.69) is 30.9 Å². The molecule has 0 aliphatic carbocycles. The van der Waals surface area contributed by atoms with Crippen LogP contribution in [0.1, 0.15) is 23.1 Å². The molecule has 168 valence electrons. The van der Waals surface area contributed by atoms with Gasteiger partial charge in [-0.2, -0.15) is 0 Å². The predicted octanol–water partition coefficient (Wildman–Crippen LogP) is 3.74. The van der Waals surface area contributed by atoms with Crippen molar-refractivity contribution in [1.29, 1.82) is 0 Å². The zero-order valence-electron chi connectivity index (χ0n) is 18.3. The van der Waals surface area contributed by atoms with Gasteiger partial charge in [-0.15, -0.1) is 0 Å². The minimum atomic E-state index is -0.441. The first kappa shape index (κ1) is 21.2. The molecule has 4 aromatic heterocycles. The number of pyridine rings is 3. The first-order chi connectivity index (χ1) is 15.9. The zero-order valence-corrected chi connectivity index (χ0v) is 19.0. The number of amides is 1. The summed E-state index contributed by atoms with van der Waals surface area (Å²) >= 11 is 5.89. The Hall–Kier alpha value is -3.69. The number of halogens is 1. The molecule has 1 aliphatic heterocycles. The average molecular weight is 464 g/mol. The zero-order chi connectivity index (χ0) is 23.1. The average Bonchev–Trinajstić information content (AvgIpc) is 3.14. The Morgan fingerprint density at radius 2 is 2.09 bits per heavy atom. The highest BCUT2D eigenvalue weighted by Gasteiger charge is 2.25. The van der Waals surface area contributed by atoms with Crippen LogP contribution in [0.3, 0.4) is 0 Å². The van der Waals surface area contributed by atoms with E-state index in [0.717, 1.165) is 22.6 Å². The number of nitrogens with zero attached hydrogens (tertiary/aromatic N) is 4. The molecule has 10 heteroatoms. The van der Waals surface area contributed by atoms with E-state index in [0.29, 0.717) is 22.5 Å². The van der Waals surface area contributed by atoms with Crippen molar-refractivity contribution in [2.75, 3.05) is 17.7 Å². The number of anilines is 2. The van der Waals surface area contributed by atoms with Crippen molar-refractivity contribution in [2.24, 2.45) is 0 Å². The van der Waals surface area contributed by atoms with E-state index in [1.165, 1.54) is 6.20 Å². The van der Waals surface area contributed by atoms with Crippen molar-refractivity contribution in [3.8, 4) is 17.1 Å². The SMILES string of the molecule is CNC(C)C1Nc2cc(cc(NC(=O)c3ccc(Cl)cn3)n2)-c2cccc3nc(C)c(n23)O1. The summed E-state index contributed by atoms with van der Waals surface area (Å²) in [5.41, 5.74) is 3.50. The molecule has 0 saturated carbocycles. The fraction of sp³-hybridized carbons (Fsp3) is 0.217. The van der Waals surface area contributed by atoms with Crippen LogP contribution in [0.2, 0.25) is 5.02 Å². The molecule has 1 amide bonds. The van der Waals surface area contributed by atoms with Crippen molar-refractivity contribution in [2.45, 2.75) is 26.1 Å². The maximum atomic E-state index is 12.8. The maximum Gasteiger partial charge on any atom is 0.275 e. The second-order valence-corrected chi connectivity index (χ2v) is 8.25. The molecule has 2 unspecified atom stereocenters. The number of fused-ring (bicyclic) bond motifs is 3. The van der Waals surface area contributed by atoms with E-state index in [4.69, 9.17) is 16.3 Å². The summed E-state index contributed by atoms with van der Waals surface area (Å²) in [7, 11) is 1.86. The van der Waals surface area contributed by atoms with E-state index < -0.39 is 6.23 Å². The van der Waals surface area contributed by atoms with Gasteiger partial charge in [0.25, 0.3) is 5.91 Å². The maximum absolute atomic E-state index is 12.8. The topological polar surface area (TPSA) is 105 Å². The van der Waals surface area contributed by atoms with Gasteiger partial charge in [-0.3, -0.25) is 9.20 Å². The molecule has 5 rings (SSSR count). The minimum Gasteiger partial charge on any atom is -0.452 e. The Kier molecular flexibility index (Phi) is 5.35. The van der Waals surface area contributed by atoms with Crippen LogP contribution in [-0.2, 0) is 0 Å². The van der Waals surface area contributed by atoms with Gasteiger partial charge in [0.15, 0.2) is 6.23 Å². The molecule has 0 aromatic carbocycles. The first-order valence-electron chi connectivity index (χ1n) is 10.5. The van der Waals surface area contributed by atoms with Gasteiger partial charge in [0, 0.05) is 11.8 Å². The third kappa shape index (κ3) is 3.96. The molecule has 0 fully saturated rings. The van der Waals surface area contributed by atoms with E-state index in [1.54, 1.807) is 12.1 Å². The monoisotopic (exact) mass is 463 g/mol. The number of hydrogen-bond acceptors (Lipinski definition) is 7. The number of imidazole rings is 1. The van der Waals surface area contributed by atoms with Gasteiger partial charge >= 0.3 is 0 Å². The third-order valence-corrected chi connectivity index (χ3v) is 5.75. The van der Waals surface area contributed by atoms with Crippen molar-refractivity contribution in [3.05, 3.63) is 65.1 Å². The molecule has 4 aromatic rings. The van der Waals surface area contributed by atoms with Crippen LogP contribution < -0.4 is 20.7 Å². The molecule has 1 aliphatic rings. The molecular formula is C23H22ClN7O2. The molecule has 9 nitrogen and oxygen atoms in total. The molecule has 0 radical (unpaired) electrons. The quantitative estimate of drug-likeness (QED) is 0.423. The van der Waals surface area contributed by atoms with Crippen LogP contribution in [0.5, 0.6) is 5.88 Å². The van der Waals surface area contributed by atoms with Crippen LogP contribution in [0.25, 0.3) is 16.9 Å². The number of carbonyl (C=O) groups excluding carboxylic acids is 1. The fourth-order valence-corrected chi connectivity index (χ4v) is 3.84. The highest BCUT2D eigenvalue weighted by atomic mass is 35.5. The van der Waals surface area contributed by atoms with Crippen molar-refractivity contribution in [1.82, 2.24) is 24.7 Å². The number of rotatable bonds is 4. The van der Waals surface area contributed by atoms with Crippen LogP contribution >= 0.6 is 11.6 Å². The summed E-state index contributed by atoms with van der Waals surface area (Å²) in [6, 6.07) is 12.7. The highest BCUT2D eigenvalue weighted by molar-refractivity contribution is 6.30. The van der Waals surface area contributed by atoms with E-state index in [-0.39, 0.29) is 17.6 Å². The van der Waals surface area contributed by atoms with E-state index in [1.807, 2.05) is 55.6 Å². The van der Waals surface area contributed by atoms with Gasteiger partial charge in [0.2, 0.25) is 5.88 Å². The van der Waals surface area contributed by atoms with Crippen LogP contribution in [0, 0.1) is 6.92 Å². The minimum absolute atomic E-state index is 0.0537. The summed E-state index contributed by atoms with van der Waals surface area (Å²) in [4.78, 5) is 26.1. The number of carbonyl (C=O) groups is 1. The number of hydrogen-bond donors (Lipinski definition) is 3. The molecule has 2 bridgehead atoms. The second-order valence-electron chi connectivity index (χ2n) is 7.81. The van der Waals surface area contributed by atoms with Gasteiger partial charge in [0.05, 0.1) is 16.8 Å². The number of aromatic nitrogens is 4. The lowest BCUT2D eigenvalue weighted by Crippen LogP contribution is -2.44. The molecule has 3 N–H and O–H groups in total. The number of ether oxygens (including phenoxy) is 1. The predicted molar refractivity (Wildman–Crippen MR) is 127 cm³/mol. The number of likely N-dealkylation sites (N-methyl/N-ethyl adjacent to an activating group) is 1. The van der Waals surface area contributed by atoms with Gasteiger partial charge in [-0.05, 0) is 57.3 Å². The van der Waals surface area contributed by atoms with E-state index in [9.17, 15) is 4.79 Å². The van der Waals surface area contributed by atoms with Gasteiger partial charge < -0.3 is 20.7 Å². The molecule has 0 saturated heterocycles. The largest absolute Gasteiger partial charge is 0.452 e. The summed E-state index contributed by atoms with van der Waals surface area (Å²) in [6.07, 6.45) is 0.990. The summed E-state index contributed by atoms with van der Waals surface area (Å²) in [5.74, 6) is 1.21. The molecule has 2 atom stereocenters. The van der Waals surface area contributed by atoms with E-state index >= 15 is 0 Å². The Bertz CT molecular complexity index is 1350. The van der Waals surface area contributed by atoms with Crippen molar-refractivity contribution in [3.63, 3.8) is 0 Å². The van der Waals surface area contributed by atoms with Crippen molar-refractivity contribution >= 4 is 34.8 Å². The molecule has 33 heavy (non-hydrogen) atoms. The smallest absolute Gasteiger partial charge is 0.275 e. The number of aryl methyl sites for hydroxylation is 1. The Morgan fingerprint density at radius 3 is 2.85 bits per heavy atom. The van der Waals surface area contributed by atoms with Gasteiger partial charge in [-0.25, -0.2) is 15.0 Å². The highest BCUT2D eigenvalue weighted by Crippen LogP contribution is 2.33. The first-order valence-corrected chi connectivity index (χ1v) is 10.8. The summed E-state index contributed by atoms with van der Waals surface area (Å²) in [6.45, 7) is 3.93. The number of nitrogens with one attached hydrogen (secondary N) is 3. The van der Waals surface area contributed by atoms with Crippen LogP contribution in [0.15, 0.2) is 48.7 Å². The standard InChI is InChI=1S/C23H22ClN7O2/c1-12(25-3)22-30-19-10-14(17-5-4-6-20-27-13(2)23(33-22)31(17)20)9-18(28-19)29-21(32)16-8-7-15(24)11-26-16/h4-12,22,25H,1-3H3,(H2,28,29,30,32). The Morgan fingerprint density at radius 1 is 1.24 bits per heavy atom. The van der Waals surface area contributed by atoms with Gasteiger partial charge in [-0.1, -0.05) is 17.7 Å². The normalized spacial score (nSPS) is 15.6. The third-order valence-electron chi connectivity index (χ3n) is 5.53. The van der Waals surface area contributed by atoms with Crippen LogP contribution in [0.4, 0.5) is 11.6 Å². The lowest BCUT2D eigenvalue weighted by Gasteiger charge is -2.25. The second kappa shape index (κ2) is 8.34. The molecule has 5 heterocycles. The summed E-state index contributed by atoms with van der Waals surface area (Å²) in [5, 5.41) is 9.86. The van der Waals surface area contributed by atoms with Gasteiger partial charge in [0.1, 0.15) is 28.7 Å². The lowest BCUT2D eigenvalue weighted by molar-refractivity contribution is 0.102. The Balaban J connectivity index is 1.63. The molecular weight excluding hydrogens is 442 g/mol. The Labute approximate surface area is 195 Å². The van der Waals surface area contributed by atoms with Crippen LogP contribution in [-0.4, -0.2) is 44.6 Å². The molecule has 0 spiro atoms. The lowest BCUT2D eigenvalue weighted by atomic mass is 10.1. The summed E-state index contributed by atoms with van der Waals surface area (Å²) < 4.78 is 8.37. The fourth-order valence-electron chi connectivity index (χ4n) is 3.72. The van der Waals surface area contributed by atoms with Crippen molar-refractivity contribution < 1.29 is 9.53 Å².